The van der Waals surface area contributed by atoms with Gasteiger partial charge in [0, 0.05) is 13.7 Å². The van der Waals surface area contributed by atoms with E-state index in [9.17, 15) is 14.3 Å². The SMILES string of the molecule is COCCn1c(=O)c2c(-c3noc(C(C)CO)n3)ncn2c2cccc(F)c21. The Kier molecular flexibility index (Phi) is 4.65. The fourth-order valence-electron chi connectivity index (χ4n) is 3.10. The van der Waals surface area contributed by atoms with Crippen molar-refractivity contribution in [3.8, 4) is 11.5 Å². The van der Waals surface area contributed by atoms with Gasteiger partial charge in [-0.05, 0) is 12.1 Å². The minimum Gasteiger partial charge on any atom is -0.396 e. The number of rotatable bonds is 6. The van der Waals surface area contributed by atoms with Crippen molar-refractivity contribution in [1.29, 1.82) is 0 Å². The van der Waals surface area contributed by atoms with Crippen LogP contribution in [0.5, 0.6) is 0 Å². The molecule has 0 bridgehead atoms. The number of imidazole rings is 1. The third-order valence-corrected chi connectivity index (χ3v) is 4.58. The van der Waals surface area contributed by atoms with E-state index in [0.29, 0.717) is 5.52 Å². The van der Waals surface area contributed by atoms with Crippen LogP contribution in [0.15, 0.2) is 33.8 Å². The molecule has 0 amide bonds. The Morgan fingerprint density at radius 1 is 1.36 bits per heavy atom. The number of aliphatic hydroxyl groups is 1. The van der Waals surface area contributed by atoms with E-state index in [-0.39, 0.29) is 54.1 Å². The van der Waals surface area contributed by atoms with Crippen molar-refractivity contribution < 1.29 is 18.8 Å². The van der Waals surface area contributed by atoms with E-state index in [1.54, 1.807) is 19.1 Å². The Hall–Kier alpha value is -3.11. The molecular weight excluding hydrogens is 369 g/mol. The van der Waals surface area contributed by atoms with Crippen LogP contribution < -0.4 is 5.56 Å². The maximum atomic E-state index is 14.5. The molecule has 28 heavy (non-hydrogen) atoms. The molecule has 3 heterocycles. The zero-order valence-electron chi connectivity index (χ0n) is 15.3. The van der Waals surface area contributed by atoms with Gasteiger partial charge in [-0.1, -0.05) is 18.1 Å². The average molecular weight is 387 g/mol. The summed E-state index contributed by atoms with van der Waals surface area (Å²) >= 11 is 0. The maximum Gasteiger partial charge on any atom is 0.277 e. The molecule has 0 spiro atoms. The van der Waals surface area contributed by atoms with Crippen LogP contribution in [-0.2, 0) is 11.3 Å². The molecule has 0 radical (unpaired) electrons. The topological polar surface area (TPSA) is 108 Å². The van der Waals surface area contributed by atoms with Crippen LogP contribution in [0.3, 0.4) is 0 Å². The van der Waals surface area contributed by atoms with E-state index in [2.05, 4.69) is 15.1 Å². The Morgan fingerprint density at radius 3 is 2.93 bits per heavy atom. The van der Waals surface area contributed by atoms with E-state index in [1.807, 2.05) is 0 Å². The monoisotopic (exact) mass is 387 g/mol. The number of nitrogens with zero attached hydrogens (tertiary/aromatic N) is 5. The van der Waals surface area contributed by atoms with Gasteiger partial charge in [-0.3, -0.25) is 9.20 Å². The van der Waals surface area contributed by atoms with Crippen molar-refractivity contribution in [3.05, 3.63) is 46.6 Å². The van der Waals surface area contributed by atoms with E-state index in [0.717, 1.165) is 0 Å². The second kappa shape index (κ2) is 7.13. The van der Waals surface area contributed by atoms with Crippen molar-refractivity contribution in [2.24, 2.45) is 0 Å². The highest BCUT2D eigenvalue weighted by Gasteiger charge is 2.23. The molecule has 0 saturated heterocycles. The first-order valence-corrected chi connectivity index (χ1v) is 8.68. The summed E-state index contributed by atoms with van der Waals surface area (Å²) in [6.07, 6.45) is 1.43. The molecule has 0 saturated carbocycles. The van der Waals surface area contributed by atoms with Crippen LogP contribution in [0, 0.1) is 5.82 Å². The lowest BCUT2D eigenvalue weighted by atomic mass is 10.2. The Labute approximate surface area is 158 Å². The second-order valence-electron chi connectivity index (χ2n) is 6.41. The molecule has 1 aromatic carbocycles. The van der Waals surface area contributed by atoms with E-state index in [1.165, 1.54) is 28.5 Å². The van der Waals surface area contributed by atoms with E-state index < -0.39 is 11.4 Å². The molecular formula is C18H18FN5O4. The van der Waals surface area contributed by atoms with Gasteiger partial charge in [0.15, 0.2) is 0 Å². The number of hydrogen-bond donors (Lipinski definition) is 1. The maximum absolute atomic E-state index is 14.5. The summed E-state index contributed by atoms with van der Waals surface area (Å²) in [4.78, 5) is 21.7. The second-order valence-corrected chi connectivity index (χ2v) is 6.41. The van der Waals surface area contributed by atoms with Crippen LogP contribution >= 0.6 is 0 Å². The number of methoxy groups -OCH3 is 1. The molecule has 1 N–H and O–H groups in total. The van der Waals surface area contributed by atoms with Gasteiger partial charge in [-0.2, -0.15) is 4.98 Å². The summed E-state index contributed by atoms with van der Waals surface area (Å²) < 4.78 is 27.6. The molecule has 1 unspecified atom stereocenters. The molecule has 3 aromatic heterocycles. The molecule has 0 aliphatic heterocycles. The van der Waals surface area contributed by atoms with Crippen LogP contribution in [0.2, 0.25) is 0 Å². The van der Waals surface area contributed by atoms with Gasteiger partial charge >= 0.3 is 0 Å². The molecule has 0 aliphatic rings. The number of aromatic nitrogens is 5. The van der Waals surface area contributed by atoms with Crippen LogP contribution in [0.25, 0.3) is 28.1 Å². The third-order valence-electron chi connectivity index (χ3n) is 4.58. The summed E-state index contributed by atoms with van der Waals surface area (Å²) in [7, 11) is 1.51. The third kappa shape index (κ3) is 2.77. The molecule has 0 aliphatic carbocycles. The number of fused-ring (bicyclic) bond motifs is 3. The zero-order chi connectivity index (χ0) is 19.8. The summed E-state index contributed by atoms with van der Waals surface area (Å²) in [5.74, 6) is -0.487. The summed E-state index contributed by atoms with van der Waals surface area (Å²) in [6, 6.07) is 4.57. The molecule has 9 nitrogen and oxygen atoms in total. The number of halogens is 1. The molecule has 146 valence electrons. The number of para-hydroxylation sites is 1. The van der Waals surface area contributed by atoms with E-state index in [4.69, 9.17) is 9.26 Å². The minimum atomic E-state index is -0.513. The summed E-state index contributed by atoms with van der Waals surface area (Å²) in [6.45, 7) is 1.99. The van der Waals surface area contributed by atoms with Crippen molar-refractivity contribution in [2.45, 2.75) is 19.4 Å². The first kappa shape index (κ1) is 18.3. The Bertz CT molecular complexity index is 1210. The Balaban J connectivity index is 2.01. The summed E-state index contributed by atoms with van der Waals surface area (Å²) in [5.41, 5.74) is 0.644. The highest BCUT2D eigenvalue weighted by Crippen LogP contribution is 2.25. The smallest absolute Gasteiger partial charge is 0.277 e. The highest BCUT2D eigenvalue weighted by molar-refractivity contribution is 5.83. The molecule has 4 aromatic rings. The fourth-order valence-corrected chi connectivity index (χ4v) is 3.10. The average Bonchev–Trinajstić information content (AvgIpc) is 3.35. The fraction of sp³-hybridized carbons (Fsp3) is 0.333. The number of benzene rings is 1. The van der Waals surface area contributed by atoms with Crippen molar-refractivity contribution >= 4 is 16.6 Å². The van der Waals surface area contributed by atoms with Gasteiger partial charge in [0.1, 0.15) is 28.9 Å². The van der Waals surface area contributed by atoms with Crippen LogP contribution in [-0.4, -0.2) is 49.5 Å². The Morgan fingerprint density at radius 2 is 2.18 bits per heavy atom. The predicted octanol–water partition coefficient (Wildman–Crippen LogP) is 1.58. The quantitative estimate of drug-likeness (QED) is 0.535. The van der Waals surface area contributed by atoms with Gasteiger partial charge < -0.3 is 18.9 Å². The van der Waals surface area contributed by atoms with Gasteiger partial charge in [-0.15, -0.1) is 0 Å². The first-order valence-electron chi connectivity index (χ1n) is 8.68. The predicted molar refractivity (Wildman–Crippen MR) is 97.6 cm³/mol. The minimum absolute atomic E-state index is 0.129. The van der Waals surface area contributed by atoms with E-state index >= 15 is 0 Å². The van der Waals surface area contributed by atoms with Crippen LogP contribution in [0.1, 0.15) is 18.7 Å². The zero-order valence-corrected chi connectivity index (χ0v) is 15.3. The lowest BCUT2D eigenvalue weighted by molar-refractivity contribution is 0.187. The first-order chi connectivity index (χ1) is 13.6. The van der Waals surface area contributed by atoms with Gasteiger partial charge in [0.2, 0.25) is 11.7 Å². The molecule has 0 fully saturated rings. The molecule has 1 atom stereocenters. The molecule has 4 rings (SSSR count). The standard InChI is InChI=1S/C18H18FN5O4/c1-10(8-25)17-21-16(22-28-17)13-15-18(26)23(6-7-27-2)14-11(19)4-3-5-12(14)24(15)9-20-13/h3-5,9-10,25H,6-8H2,1-2H3. The van der Waals surface area contributed by atoms with Crippen molar-refractivity contribution in [1.82, 2.24) is 24.1 Å². The lowest BCUT2D eigenvalue weighted by Gasteiger charge is -2.12. The number of hydrogen-bond acceptors (Lipinski definition) is 7. The van der Waals surface area contributed by atoms with Crippen LogP contribution in [0.4, 0.5) is 4.39 Å². The number of aliphatic hydroxyl groups excluding tert-OH is 1. The lowest BCUT2D eigenvalue weighted by Crippen LogP contribution is -2.25. The largest absolute Gasteiger partial charge is 0.396 e. The van der Waals surface area contributed by atoms with Gasteiger partial charge in [0.05, 0.1) is 24.6 Å². The molecule has 10 heteroatoms. The number of ether oxygens (including phenoxy) is 1. The normalized spacial score (nSPS) is 12.9. The van der Waals surface area contributed by atoms with Crippen molar-refractivity contribution in [2.75, 3.05) is 20.3 Å². The highest BCUT2D eigenvalue weighted by atomic mass is 19.1. The van der Waals surface area contributed by atoms with Gasteiger partial charge in [0.25, 0.3) is 5.56 Å². The van der Waals surface area contributed by atoms with Gasteiger partial charge in [-0.25, -0.2) is 9.37 Å². The summed E-state index contributed by atoms with van der Waals surface area (Å²) in [5, 5.41) is 13.1. The van der Waals surface area contributed by atoms with Crippen molar-refractivity contribution in [3.63, 3.8) is 0 Å².